The van der Waals surface area contributed by atoms with Gasteiger partial charge in [-0.3, -0.25) is 9.59 Å². The van der Waals surface area contributed by atoms with Crippen LogP contribution in [0.1, 0.15) is 76.1 Å². The molecule has 0 aliphatic carbocycles. The Kier molecular flexibility index (Phi) is 9.68. The van der Waals surface area contributed by atoms with Crippen LogP contribution >= 0.6 is 0 Å². The Balaban J connectivity index is 1.66. The van der Waals surface area contributed by atoms with E-state index in [9.17, 15) is 14.7 Å². The Hall–Kier alpha value is -3.32. The average molecular weight is 535 g/mol. The Morgan fingerprint density at radius 3 is 2.49 bits per heavy atom. The molecule has 0 spiro atoms. The van der Waals surface area contributed by atoms with Gasteiger partial charge in [0.15, 0.2) is 0 Å². The zero-order valence-corrected chi connectivity index (χ0v) is 23.7. The minimum absolute atomic E-state index is 0.0662. The van der Waals surface area contributed by atoms with E-state index in [0.717, 1.165) is 74.4 Å². The minimum atomic E-state index is -0.667. The second kappa shape index (κ2) is 13.2. The Labute approximate surface area is 232 Å². The molecule has 0 unspecified atom stereocenters. The summed E-state index contributed by atoms with van der Waals surface area (Å²) in [5, 5.41) is 11.5. The van der Waals surface area contributed by atoms with Gasteiger partial charge in [0, 0.05) is 18.5 Å². The highest BCUT2D eigenvalue weighted by Crippen LogP contribution is 2.41. The minimum Gasteiger partial charge on any atom is -0.507 e. The number of fused-ring (bicyclic) bond motifs is 1. The summed E-state index contributed by atoms with van der Waals surface area (Å²) in [6.07, 6.45) is 4.78. The summed E-state index contributed by atoms with van der Waals surface area (Å²) < 4.78 is 11.7. The first-order valence-corrected chi connectivity index (χ1v) is 14.4. The zero-order chi connectivity index (χ0) is 27.9. The largest absolute Gasteiger partial charge is 0.507 e. The van der Waals surface area contributed by atoms with Crippen molar-refractivity contribution in [2.24, 2.45) is 0 Å². The zero-order valence-electron chi connectivity index (χ0n) is 23.7. The fraction of sp³-hybridized carbons (Fsp3) is 0.500. The van der Waals surface area contributed by atoms with Gasteiger partial charge in [-0.15, -0.1) is 0 Å². The number of carbonyl (C=O) groups excluding carboxylic acids is 2. The number of Topliss-reactive ketones (excluding diaryl/α,β-unsaturated/α-hetero) is 1. The molecule has 1 amide bonds. The highest BCUT2D eigenvalue weighted by atomic mass is 16.5. The van der Waals surface area contributed by atoms with Crippen molar-refractivity contribution in [3.05, 3.63) is 64.7 Å². The molecule has 2 atom stereocenters. The maximum Gasteiger partial charge on any atom is 0.295 e. The molecule has 7 nitrogen and oxygen atoms in total. The maximum atomic E-state index is 13.4. The number of amides is 1. The molecule has 0 saturated carbocycles. The van der Waals surface area contributed by atoms with Crippen LogP contribution in [0, 0.1) is 0 Å². The molecule has 2 aliphatic rings. The van der Waals surface area contributed by atoms with Crippen molar-refractivity contribution in [3.8, 4) is 11.5 Å². The van der Waals surface area contributed by atoms with E-state index in [1.807, 2.05) is 43.3 Å². The number of ketones is 1. The number of benzene rings is 2. The maximum absolute atomic E-state index is 13.4. The van der Waals surface area contributed by atoms with Gasteiger partial charge in [0.05, 0.1) is 18.2 Å². The molecule has 39 heavy (non-hydrogen) atoms. The number of nitrogens with zero attached hydrogens (tertiary/aromatic N) is 2. The molecule has 1 saturated heterocycles. The van der Waals surface area contributed by atoms with Crippen LogP contribution in [0.4, 0.5) is 0 Å². The lowest BCUT2D eigenvalue weighted by Gasteiger charge is -2.27. The number of likely N-dealkylation sites (tertiary alicyclic amines) is 1. The van der Waals surface area contributed by atoms with Crippen LogP contribution in [0.25, 0.3) is 5.76 Å². The third-order valence-corrected chi connectivity index (χ3v) is 7.69. The molecule has 2 aromatic carbocycles. The molecule has 2 heterocycles. The lowest BCUT2D eigenvalue weighted by molar-refractivity contribution is -0.140. The smallest absolute Gasteiger partial charge is 0.295 e. The van der Waals surface area contributed by atoms with Gasteiger partial charge >= 0.3 is 0 Å². The van der Waals surface area contributed by atoms with Crippen molar-refractivity contribution in [2.45, 2.75) is 71.9 Å². The number of rotatable bonds is 13. The first kappa shape index (κ1) is 28.7. The number of ether oxygens (including phenoxy) is 2. The molecule has 210 valence electrons. The van der Waals surface area contributed by atoms with E-state index in [2.05, 4.69) is 25.7 Å². The van der Waals surface area contributed by atoms with Gasteiger partial charge in [-0.2, -0.15) is 0 Å². The fourth-order valence-electron chi connectivity index (χ4n) is 5.47. The van der Waals surface area contributed by atoms with E-state index in [0.29, 0.717) is 18.7 Å². The van der Waals surface area contributed by atoms with Gasteiger partial charge in [0.25, 0.3) is 11.7 Å². The van der Waals surface area contributed by atoms with E-state index in [1.54, 1.807) is 11.0 Å². The molecule has 2 aromatic rings. The summed E-state index contributed by atoms with van der Waals surface area (Å²) in [5.74, 6) is 0.180. The van der Waals surface area contributed by atoms with Crippen molar-refractivity contribution >= 4 is 17.4 Å². The van der Waals surface area contributed by atoms with Gasteiger partial charge in [-0.25, -0.2) is 0 Å². The number of hydrogen-bond donors (Lipinski definition) is 1. The third kappa shape index (κ3) is 6.47. The normalized spacial score (nSPS) is 20.0. The molecule has 0 radical (unpaired) electrons. The van der Waals surface area contributed by atoms with E-state index in [4.69, 9.17) is 9.47 Å². The molecule has 0 aromatic heterocycles. The van der Waals surface area contributed by atoms with Crippen molar-refractivity contribution in [1.82, 2.24) is 9.80 Å². The number of hydrogen-bond acceptors (Lipinski definition) is 6. The van der Waals surface area contributed by atoms with E-state index >= 15 is 0 Å². The number of aliphatic hydroxyl groups is 1. The molecule has 0 bridgehead atoms. The third-order valence-electron chi connectivity index (χ3n) is 7.69. The second-order valence-corrected chi connectivity index (χ2v) is 10.5. The molecule has 1 N–H and O–H groups in total. The summed E-state index contributed by atoms with van der Waals surface area (Å²) in [5.41, 5.74) is 2.42. The van der Waals surface area contributed by atoms with Crippen LogP contribution in [0.5, 0.6) is 11.5 Å². The van der Waals surface area contributed by atoms with E-state index in [1.165, 1.54) is 0 Å². The molecule has 4 rings (SSSR count). The quantitative estimate of drug-likeness (QED) is 0.153. The molecule has 2 aliphatic heterocycles. The van der Waals surface area contributed by atoms with Crippen molar-refractivity contribution < 1.29 is 24.2 Å². The Morgan fingerprint density at radius 2 is 1.79 bits per heavy atom. The van der Waals surface area contributed by atoms with Crippen molar-refractivity contribution in [2.75, 3.05) is 32.8 Å². The topological polar surface area (TPSA) is 79.3 Å². The summed E-state index contributed by atoms with van der Waals surface area (Å²) in [4.78, 5) is 30.6. The summed E-state index contributed by atoms with van der Waals surface area (Å²) in [6, 6.07) is 12.3. The highest BCUT2D eigenvalue weighted by molar-refractivity contribution is 6.46. The van der Waals surface area contributed by atoms with Gasteiger partial charge in [0.1, 0.15) is 23.4 Å². The van der Waals surface area contributed by atoms with Gasteiger partial charge in [0.2, 0.25) is 0 Å². The van der Waals surface area contributed by atoms with Crippen molar-refractivity contribution in [3.63, 3.8) is 0 Å². The lowest BCUT2D eigenvalue weighted by Crippen LogP contribution is -2.33. The standard InChI is InChI=1S/C32H42N2O5/c1-5-8-9-19-38-26-14-11-23(12-15-26)29-28(30(35)24-13-16-27-25(21-24)20-22(4)39-27)31(36)32(37)34(29)18-10-17-33(6-2)7-3/h11-16,21-22,29,35H,5-10,17-20H2,1-4H3/t22-,29+/m1/s1. The number of aliphatic hydroxyl groups excluding tert-OH is 1. The van der Waals surface area contributed by atoms with E-state index < -0.39 is 17.7 Å². The molecule has 1 fully saturated rings. The summed E-state index contributed by atoms with van der Waals surface area (Å²) in [6.45, 7) is 12.2. The number of carbonyl (C=O) groups is 2. The van der Waals surface area contributed by atoms with E-state index in [-0.39, 0.29) is 17.4 Å². The van der Waals surface area contributed by atoms with Gasteiger partial charge in [-0.05, 0) is 80.9 Å². The molecule has 7 heteroatoms. The SMILES string of the molecule is CCCCCOc1ccc([C@H]2C(=C(O)c3ccc4c(c3)C[C@@H](C)O4)C(=O)C(=O)N2CCCN(CC)CC)cc1. The Bertz CT molecular complexity index is 1190. The first-order valence-electron chi connectivity index (χ1n) is 14.4. The highest BCUT2D eigenvalue weighted by Gasteiger charge is 2.46. The molecular weight excluding hydrogens is 492 g/mol. The van der Waals surface area contributed by atoms with Crippen LogP contribution in [0.2, 0.25) is 0 Å². The van der Waals surface area contributed by atoms with Crippen LogP contribution < -0.4 is 9.47 Å². The summed E-state index contributed by atoms with van der Waals surface area (Å²) in [7, 11) is 0. The van der Waals surface area contributed by atoms with Crippen LogP contribution in [0.3, 0.4) is 0 Å². The monoisotopic (exact) mass is 534 g/mol. The first-order chi connectivity index (χ1) is 18.9. The fourth-order valence-corrected chi connectivity index (χ4v) is 5.47. The predicted molar refractivity (Wildman–Crippen MR) is 153 cm³/mol. The molecular formula is C32H42N2O5. The van der Waals surface area contributed by atoms with Crippen LogP contribution in [-0.4, -0.2) is 65.5 Å². The number of unbranched alkanes of at least 4 members (excludes halogenated alkanes) is 2. The van der Waals surface area contributed by atoms with Crippen LogP contribution in [-0.2, 0) is 16.0 Å². The van der Waals surface area contributed by atoms with Crippen LogP contribution in [0.15, 0.2) is 48.0 Å². The van der Waals surface area contributed by atoms with Crippen molar-refractivity contribution in [1.29, 1.82) is 0 Å². The lowest BCUT2D eigenvalue weighted by atomic mass is 9.94. The predicted octanol–water partition coefficient (Wildman–Crippen LogP) is 5.73. The summed E-state index contributed by atoms with van der Waals surface area (Å²) >= 11 is 0. The average Bonchev–Trinajstić information content (AvgIpc) is 3.44. The van der Waals surface area contributed by atoms with Gasteiger partial charge in [-0.1, -0.05) is 45.7 Å². The van der Waals surface area contributed by atoms with Gasteiger partial charge < -0.3 is 24.4 Å². The Morgan fingerprint density at radius 1 is 1.05 bits per heavy atom. The second-order valence-electron chi connectivity index (χ2n) is 10.5.